The normalized spacial score (nSPS) is 17.2. The molecule has 0 bridgehead atoms. The van der Waals surface area contributed by atoms with E-state index in [4.69, 9.17) is 17.9 Å². The Hall–Kier alpha value is -3.14. The van der Waals surface area contributed by atoms with Gasteiger partial charge in [0.2, 0.25) is 5.95 Å². The van der Waals surface area contributed by atoms with Crippen LogP contribution in [-0.4, -0.2) is 83.4 Å². The molecule has 188 valence electrons. The number of nitrogens with one attached hydrogen (secondary N) is 1. The molecule has 3 aromatic rings. The summed E-state index contributed by atoms with van der Waals surface area (Å²) in [5.74, 6) is 1.24. The summed E-state index contributed by atoms with van der Waals surface area (Å²) in [6.07, 6.45) is 6.26. The van der Waals surface area contributed by atoms with Gasteiger partial charge in [0.05, 0.1) is 11.4 Å². The molecule has 0 unspecified atom stereocenters. The topological polar surface area (TPSA) is 82.4 Å². The van der Waals surface area contributed by atoms with Crippen molar-refractivity contribution in [3.8, 4) is 0 Å². The fraction of sp³-hybridized carbons (Fsp3) is 0.538. The molecule has 1 saturated carbocycles. The van der Waals surface area contributed by atoms with Gasteiger partial charge < -0.3 is 24.5 Å². The number of aromatic nitrogens is 4. The molecular formula is C26H35BN8O. The number of amides is 1. The minimum atomic E-state index is -0.00997. The standard InChI is InChI=1S/C26H35BN8O/c1-16-17(2)23(29-18(3)22(16)33-10-12-34(27)13-11-33)30-26-28-15-19-14-21(25(36)32(4)5)35(24(19)31-26)20-8-6-7-9-20/h14-15,20H,6-13H2,1-5H3,(H,28,29,30,31). The van der Waals surface area contributed by atoms with E-state index in [1.807, 2.05) is 10.9 Å². The van der Waals surface area contributed by atoms with Gasteiger partial charge in [0.15, 0.2) is 7.98 Å². The van der Waals surface area contributed by atoms with Crippen LogP contribution in [0, 0.1) is 20.8 Å². The zero-order chi connectivity index (χ0) is 25.6. The zero-order valence-electron chi connectivity index (χ0n) is 22.0. The highest BCUT2D eigenvalue weighted by atomic mass is 16.2. The van der Waals surface area contributed by atoms with Crippen molar-refractivity contribution in [2.75, 3.05) is 50.5 Å². The highest BCUT2D eigenvalue weighted by Crippen LogP contribution is 2.35. The Morgan fingerprint density at radius 2 is 1.75 bits per heavy atom. The van der Waals surface area contributed by atoms with Crippen molar-refractivity contribution < 1.29 is 4.79 Å². The van der Waals surface area contributed by atoms with E-state index in [-0.39, 0.29) is 11.9 Å². The van der Waals surface area contributed by atoms with Crippen molar-refractivity contribution in [1.82, 2.24) is 29.2 Å². The molecule has 1 N–H and O–H groups in total. The van der Waals surface area contributed by atoms with Crippen LogP contribution in [0.15, 0.2) is 12.3 Å². The van der Waals surface area contributed by atoms with Gasteiger partial charge in [-0.3, -0.25) is 4.79 Å². The average molecular weight is 486 g/mol. The SMILES string of the molecule is [B]N1CCN(c2c(C)nc(Nc3ncc4cc(C(=O)N(C)C)n(C5CCCC5)c4n3)c(C)c2C)CC1. The molecule has 0 spiro atoms. The van der Waals surface area contributed by atoms with Crippen molar-refractivity contribution in [2.45, 2.75) is 52.5 Å². The Balaban J connectivity index is 1.50. The number of pyridine rings is 1. The summed E-state index contributed by atoms with van der Waals surface area (Å²) >= 11 is 0. The lowest BCUT2D eigenvalue weighted by atomic mass is 10.1. The summed E-state index contributed by atoms with van der Waals surface area (Å²) in [6.45, 7) is 9.73. The molecule has 9 nitrogen and oxygen atoms in total. The summed E-state index contributed by atoms with van der Waals surface area (Å²) in [5, 5.41) is 4.25. The van der Waals surface area contributed by atoms with Gasteiger partial charge in [0.25, 0.3) is 5.91 Å². The molecular weight excluding hydrogens is 451 g/mol. The van der Waals surface area contributed by atoms with E-state index >= 15 is 0 Å². The molecule has 3 aromatic heterocycles. The molecule has 1 aliphatic carbocycles. The molecule has 0 aromatic carbocycles. The molecule has 2 fully saturated rings. The number of carbonyl (C=O) groups excluding carboxylic acids is 1. The molecule has 2 radical (unpaired) electrons. The van der Waals surface area contributed by atoms with E-state index in [2.05, 4.69) is 40.5 Å². The van der Waals surface area contributed by atoms with Gasteiger partial charge in [-0.05, 0) is 50.8 Å². The van der Waals surface area contributed by atoms with Crippen molar-refractivity contribution in [3.63, 3.8) is 0 Å². The Labute approximate surface area is 214 Å². The number of hydrogen-bond acceptors (Lipinski definition) is 7. The largest absolute Gasteiger partial charge is 0.367 e. The fourth-order valence-electron chi connectivity index (χ4n) is 5.56. The average Bonchev–Trinajstić information content (AvgIpc) is 3.50. The molecule has 10 heteroatoms. The first-order valence-electron chi connectivity index (χ1n) is 12.8. The number of aryl methyl sites for hydroxylation is 1. The maximum atomic E-state index is 13.0. The number of piperazine rings is 1. The first-order valence-corrected chi connectivity index (χ1v) is 12.8. The fourth-order valence-corrected chi connectivity index (χ4v) is 5.56. The van der Waals surface area contributed by atoms with E-state index in [1.54, 1.807) is 25.2 Å². The predicted molar refractivity (Wildman–Crippen MR) is 144 cm³/mol. The molecule has 4 heterocycles. The van der Waals surface area contributed by atoms with Crippen LogP contribution in [-0.2, 0) is 0 Å². The highest BCUT2D eigenvalue weighted by Gasteiger charge is 2.27. The van der Waals surface area contributed by atoms with Crippen LogP contribution >= 0.6 is 0 Å². The second-order valence-electron chi connectivity index (χ2n) is 10.3. The smallest absolute Gasteiger partial charge is 0.270 e. The second kappa shape index (κ2) is 9.73. The molecule has 36 heavy (non-hydrogen) atoms. The van der Waals surface area contributed by atoms with Crippen LogP contribution in [0.1, 0.15) is 59.0 Å². The van der Waals surface area contributed by atoms with Crippen LogP contribution in [0.5, 0.6) is 0 Å². The number of anilines is 3. The van der Waals surface area contributed by atoms with E-state index < -0.39 is 0 Å². The van der Waals surface area contributed by atoms with Gasteiger partial charge in [-0.1, -0.05) is 12.8 Å². The van der Waals surface area contributed by atoms with Gasteiger partial charge in [-0.2, -0.15) is 4.98 Å². The minimum absolute atomic E-state index is 0.00997. The van der Waals surface area contributed by atoms with Crippen molar-refractivity contribution in [1.29, 1.82) is 0 Å². The van der Waals surface area contributed by atoms with Crippen molar-refractivity contribution in [3.05, 3.63) is 34.8 Å². The number of rotatable bonds is 5. The number of fused-ring (bicyclic) bond motifs is 1. The summed E-state index contributed by atoms with van der Waals surface area (Å²) in [5.41, 5.74) is 5.90. The van der Waals surface area contributed by atoms with Crippen molar-refractivity contribution >= 4 is 42.4 Å². The molecule has 0 atom stereocenters. The third kappa shape index (κ3) is 4.43. The molecule has 1 saturated heterocycles. The third-order valence-electron chi connectivity index (χ3n) is 7.65. The van der Waals surface area contributed by atoms with Gasteiger partial charge >= 0.3 is 0 Å². The van der Waals surface area contributed by atoms with Crippen LogP contribution in [0.4, 0.5) is 17.5 Å². The third-order valence-corrected chi connectivity index (χ3v) is 7.65. The lowest BCUT2D eigenvalue weighted by Crippen LogP contribution is -2.45. The zero-order valence-corrected chi connectivity index (χ0v) is 22.0. The molecule has 1 amide bonds. The van der Waals surface area contributed by atoms with Crippen LogP contribution in [0.25, 0.3) is 11.0 Å². The Morgan fingerprint density at radius 1 is 1.06 bits per heavy atom. The van der Waals surface area contributed by atoms with Crippen LogP contribution < -0.4 is 10.2 Å². The molecule has 2 aliphatic rings. The second-order valence-corrected chi connectivity index (χ2v) is 10.3. The quantitative estimate of drug-likeness (QED) is 0.553. The van der Waals surface area contributed by atoms with Crippen LogP contribution in [0.3, 0.4) is 0 Å². The number of hydrogen-bond donors (Lipinski definition) is 1. The van der Waals surface area contributed by atoms with E-state index in [0.717, 1.165) is 67.1 Å². The Morgan fingerprint density at radius 3 is 2.42 bits per heavy atom. The maximum Gasteiger partial charge on any atom is 0.270 e. The van der Waals surface area contributed by atoms with Gasteiger partial charge in [0, 0.05) is 57.9 Å². The highest BCUT2D eigenvalue weighted by molar-refractivity contribution is 6.04. The summed E-state index contributed by atoms with van der Waals surface area (Å²) in [4.78, 5) is 33.2. The Kier molecular flexibility index (Phi) is 6.63. The van der Waals surface area contributed by atoms with Crippen molar-refractivity contribution in [2.24, 2.45) is 0 Å². The van der Waals surface area contributed by atoms with E-state index in [1.165, 1.54) is 24.1 Å². The van der Waals surface area contributed by atoms with Gasteiger partial charge in [-0.25, -0.2) is 9.97 Å². The lowest BCUT2D eigenvalue weighted by molar-refractivity contribution is 0.0815. The predicted octanol–water partition coefficient (Wildman–Crippen LogP) is 3.52. The Bertz CT molecular complexity index is 1290. The van der Waals surface area contributed by atoms with E-state index in [0.29, 0.717) is 11.6 Å². The van der Waals surface area contributed by atoms with Crippen LogP contribution in [0.2, 0.25) is 0 Å². The summed E-state index contributed by atoms with van der Waals surface area (Å²) in [6, 6.07) is 2.20. The molecule has 1 aliphatic heterocycles. The maximum absolute atomic E-state index is 13.0. The van der Waals surface area contributed by atoms with Gasteiger partial charge in [0.1, 0.15) is 17.2 Å². The minimum Gasteiger partial charge on any atom is -0.367 e. The monoisotopic (exact) mass is 486 g/mol. The molecule has 5 rings (SSSR count). The number of carbonyl (C=O) groups is 1. The lowest BCUT2D eigenvalue weighted by Gasteiger charge is -2.36. The summed E-state index contributed by atoms with van der Waals surface area (Å²) in [7, 11) is 9.53. The first-order chi connectivity index (χ1) is 17.2. The van der Waals surface area contributed by atoms with Gasteiger partial charge in [-0.15, -0.1) is 0 Å². The summed E-state index contributed by atoms with van der Waals surface area (Å²) < 4.78 is 2.13. The first kappa shape index (κ1) is 24.6. The number of nitrogens with zero attached hydrogens (tertiary/aromatic N) is 7. The van der Waals surface area contributed by atoms with E-state index in [9.17, 15) is 4.79 Å².